The molecule has 1 amide bonds. The highest BCUT2D eigenvalue weighted by molar-refractivity contribution is 5.94. The van der Waals surface area contributed by atoms with Crippen LogP contribution >= 0.6 is 0 Å². The Bertz CT molecular complexity index is 1240. The molecule has 154 valence electrons. The zero-order valence-corrected chi connectivity index (χ0v) is 17.0. The Hall–Kier alpha value is -3.78. The summed E-state index contributed by atoms with van der Waals surface area (Å²) in [5.41, 5.74) is 3.04. The molecule has 2 aliphatic rings. The minimum Gasteiger partial charge on any atom is -0.356 e. The maximum absolute atomic E-state index is 11.9. The van der Waals surface area contributed by atoms with Crippen LogP contribution in [0.2, 0.25) is 0 Å². The van der Waals surface area contributed by atoms with E-state index in [4.69, 9.17) is 5.10 Å². The summed E-state index contributed by atoms with van der Waals surface area (Å²) in [7, 11) is 0. The Labute approximate surface area is 179 Å². The van der Waals surface area contributed by atoms with Crippen molar-refractivity contribution in [2.75, 3.05) is 6.54 Å². The summed E-state index contributed by atoms with van der Waals surface area (Å²) in [4.78, 5) is 18.1. The second kappa shape index (κ2) is 7.48. The van der Waals surface area contributed by atoms with Crippen LogP contribution in [-0.2, 0) is 10.3 Å². The van der Waals surface area contributed by atoms with Crippen LogP contribution in [-0.4, -0.2) is 32.4 Å². The van der Waals surface area contributed by atoms with Gasteiger partial charge in [-0.3, -0.25) is 9.78 Å². The minimum atomic E-state index is -0.513. The summed E-state index contributed by atoms with van der Waals surface area (Å²) in [5.74, 6) is 0.149. The highest BCUT2D eigenvalue weighted by atomic mass is 16.1. The first-order valence-corrected chi connectivity index (χ1v) is 10.5. The van der Waals surface area contributed by atoms with Crippen molar-refractivity contribution in [3.63, 3.8) is 0 Å². The van der Waals surface area contributed by atoms with Crippen LogP contribution in [0, 0.1) is 28.6 Å². The van der Waals surface area contributed by atoms with Crippen molar-refractivity contribution in [2.45, 2.75) is 43.6 Å². The van der Waals surface area contributed by atoms with E-state index in [-0.39, 0.29) is 24.2 Å². The number of hydrogen-bond donors (Lipinski definition) is 1. The van der Waals surface area contributed by atoms with Gasteiger partial charge >= 0.3 is 0 Å². The van der Waals surface area contributed by atoms with E-state index in [2.05, 4.69) is 39.7 Å². The lowest BCUT2D eigenvalue weighted by Gasteiger charge is -2.42. The Balaban J connectivity index is 1.57. The molecule has 2 fully saturated rings. The molecule has 1 aliphatic carbocycles. The molecule has 3 aromatic rings. The number of amides is 1. The van der Waals surface area contributed by atoms with Crippen LogP contribution in [0.1, 0.15) is 43.6 Å². The highest BCUT2D eigenvalue weighted by Crippen LogP contribution is 2.45. The lowest BCUT2D eigenvalue weighted by atomic mass is 9.68. The van der Waals surface area contributed by atoms with Crippen LogP contribution in [0.25, 0.3) is 22.2 Å². The molecule has 1 unspecified atom stereocenters. The van der Waals surface area contributed by atoms with Gasteiger partial charge in [0.25, 0.3) is 0 Å². The number of pyridine rings is 1. The Morgan fingerprint density at radius 2 is 2.16 bits per heavy atom. The zero-order valence-electron chi connectivity index (χ0n) is 17.0. The number of aromatic nitrogens is 4. The van der Waals surface area contributed by atoms with E-state index >= 15 is 0 Å². The maximum atomic E-state index is 11.9. The molecule has 0 bridgehead atoms. The quantitative estimate of drug-likeness (QED) is 0.704. The third kappa shape index (κ3) is 3.30. The van der Waals surface area contributed by atoms with E-state index in [9.17, 15) is 15.3 Å². The van der Waals surface area contributed by atoms with Crippen molar-refractivity contribution in [3.8, 4) is 23.4 Å². The Morgan fingerprint density at radius 3 is 2.94 bits per heavy atom. The summed E-state index contributed by atoms with van der Waals surface area (Å²) in [6, 6.07) is 12.6. The van der Waals surface area contributed by atoms with Gasteiger partial charge in [-0.05, 0) is 48.9 Å². The predicted molar refractivity (Wildman–Crippen MR) is 112 cm³/mol. The average Bonchev–Trinajstić information content (AvgIpc) is 3.25. The van der Waals surface area contributed by atoms with E-state index in [1.165, 1.54) is 0 Å². The summed E-state index contributed by atoms with van der Waals surface area (Å²) >= 11 is 0. The fraction of sp³-hybridized carbons (Fsp3) is 0.391. The van der Waals surface area contributed by atoms with Crippen molar-refractivity contribution in [1.82, 2.24) is 25.3 Å². The molecule has 31 heavy (non-hydrogen) atoms. The first kappa shape index (κ1) is 19.2. The molecule has 1 aromatic carbocycles. The number of carbonyl (C=O) groups excluding carboxylic acids is 1. The topological polar surface area (TPSA) is 120 Å². The van der Waals surface area contributed by atoms with Crippen LogP contribution < -0.4 is 5.32 Å². The number of carbonyl (C=O) groups is 1. The highest BCUT2D eigenvalue weighted by Gasteiger charge is 2.48. The molecular weight excluding hydrogens is 390 g/mol. The summed E-state index contributed by atoms with van der Waals surface area (Å²) in [6.07, 6.45) is 6.28. The molecule has 2 aromatic heterocycles. The van der Waals surface area contributed by atoms with Gasteiger partial charge in [0.15, 0.2) is 0 Å². The Kier molecular flexibility index (Phi) is 4.63. The van der Waals surface area contributed by atoms with E-state index in [1.54, 1.807) is 17.2 Å². The monoisotopic (exact) mass is 411 g/mol. The number of benzene rings is 1. The minimum absolute atomic E-state index is 0.0615. The van der Waals surface area contributed by atoms with Gasteiger partial charge in [-0.15, -0.1) is 0 Å². The molecular formula is C23H21N7O. The number of nitrogens with one attached hydrogen (secondary N) is 1. The second-order valence-corrected chi connectivity index (χ2v) is 8.49. The number of rotatable bonds is 4. The lowest BCUT2D eigenvalue weighted by molar-refractivity contribution is -0.122. The normalized spacial score (nSPS) is 25.3. The van der Waals surface area contributed by atoms with E-state index < -0.39 is 5.54 Å². The van der Waals surface area contributed by atoms with Gasteiger partial charge in [0.1, 0.15) is 5.69 Å². The largest absolute Gasteiger partial charge is 0.356 e. The molecule has 1 saturated heterocycles. The molecule has 0 radical (unpaired) electrons. The maximum Gasteiger partial charge on any atom is 0.220 e. The van der Waals surface area contributed by atoms with Crippen LogP contribution in [0.3, 0.4) is 0 Å². The van der Waals surface area contributed by atoms with Gasteiger partial charge in [0.2, 0.25) is 5.91 Å². The fourth-order valence-electron chi connectivity index (χ4n) is 4.81. The van der Waals surface area contributed by atoms with Crippen LogP contribution in [0.4, 0.5) is 0 Å². The molecule has 3 heterocycles. The molecule has 8 heteroatoms. The predicted octanol–water partition coefficient (Wildman–Crippen LogP) is 3.03. The number of fused-ring (bicyclic) bond motifs is 1. The van der Waals surface area contributed by atoms with Gasteiger partial charge in [-0.1, -0.05) is 6.07 Å². The van der Waals surface area contributed by atoms with E-state index in [0.29, 0.717) is 31.5 Å². The van der Waals surface area contributed by atoms with Gasteiger partial charge in [0, 0.05) is 30.1 Å². The third-order valence-electron chi connectivity index (χ3n) is 6.50. The number of nitrogens with zero attached hydrogens (tertiary/aromatic N) is 6. The Morgan fingerprint density at radius 1 is 1.29 bits per heavy atom. The van der Waals surface area contributed by atoms with Gasteiger partial charge in [0.05, 0.1) is 41.7 Å². The summed E-state index contributed by atoms with van der Waals surface area (Å²) < 4.78 is 0. The van der Waals surface area contributed by atoms with Gasteiger partial charge in [-0.25, -0.2) is 0 Å². The first-order chi connectivity index (χ1) is 15.1. The van der Waals surface area contributed by atoms with Crippen LogP contribution in [0.5, 0.6) is 0 Å². The summed E-state index contributed by atoms with van der Waals surface area (Å²) in [6.45, 7) is 0.673. The fourth-order valence-corrected chi connectivity index (χ4v) is 4.81. The standard InChI is InChI=1S/C23H21N7O/c24-5-4-23(11-15(12-23)13-25)30-28-14-21(29-30)19-8-17(16-3-7-27-22(31)10-16)9-20-18(19)2-1-6-26-20/h1-2,6,8-9,14-16H,3-4,7,10-12H2,(H,27,31). The number of nitriles is 2. The van der Waals surface area contributed by atoms with Gasteiger partial charge < -0.3 is 5.32 Å². The molecule has 1 N–H and O–H groups in total. The van der Waals surface area contributed by atoms with E-state index in [1.807, 2.05) is 12.1 Å². The molecule has 1 aliphatic heterocycles. The van der Waals surface area contributed by atoms with Crippen LogP contribution in [0.15, 0.2) is 36.7 Å². The van der Waals surface area contributed by atoms with Crippen molar-refractivity contribution < 1.29 is 4.79 Å². The van der Waals surface area contributed by atoms with Crippen molar-refractivity contribution in [3.05, 3.63) is 42.2 Å². The lowest BCUT2D eigenvalue weighted by Crippen LogP contribution is -2.47. The van der Waals surface area contributed by atoms with Crippen molar-refractivity contribution >= 4 is 16.8 Å². The third-order valence-corrected chi connectivity index (χ3v) is 6.50. The average molecular weight is 411 g/mol. The van der Waals surface area contributed by atoms with Crippen molar-refractivity contribution in [2.24, 2.45) is 5.92 Å². The number of hydrogen-bond acceptors (Lipinski definition) is 6. The molecule has 8 nitrogen and oxygen atoms in total. The first-order valence-electron chi connectivity index (χ1n) is 10.5. The van der Waals surface area contributed by atoms with Gasteiger partial charge in [-0.2, -0.15) is 25.5 Å². The molecule has 1 atom stereocenters. The second-order valence-electron chi connectivity index (χ2n) is 8.49. The number of piperidine rings is 1. The van der Waals surface area contributed by atoms with E-state index in [0.717, 1.165) is 28.5 Å². The zero-order chi connectivity index (χ0) is 21.4. The smallest absolute Gasteiger partial charge is 0.220 e. The van der Waals surface area contributed by atoms with Crippen molar-refractivity contribution in [1.29, 1.82) is 10.5 Å². The molecule has 1 saturated carbocycles. The summed E-state index contributed by atoms with van der Waals surface area (Å²) in [5, 5.41) is 31.6. The molecule has 5 rings (SSSR count). The molecule has 0 spiro atoms. The SMILES string of the molecule is N#CCC1(n2ncc(-c3cc(C4CCNC(=O)C4)cc4ncccc34)n2)CC(C#N)C1.